The molecule has 4 rings (SSSR count). The number of halogens is 1. The molecular weight excluding hydrogens is 381 g/mol. The van der Waals surface area contributed by atoms with Crippen LogP contribution in [0, 0.1) is 11.7 Å². The molecule has 4 amide bonds. The van der Waals surface area contributed by atoms with Gasteiger partial charge in [0, 0.05) is 19.0 Å². The SMILES string of the molecule is CC1(c2ccc(F)cc2)NC(=O)N(CC(=O)N2CCC(C3OCCO3)CC2)C1=O. The van der Waals surface area contributed by atoms with Gasteiger partial charge in [-0.05, 0) is 37.5 Å². The minimum absolute atomic E-state index is 0.199. The molecule has 1 aromatic rings. The Morgan fingerprint density at radius 3 is 2.41 bits per heavy atom. The van der Waals surface area contributed by atoms with E-state index in [1.165, 1.54) is 24.3 Å². The maximum atomic E-state index is 13.2. The van der Waals surface area contributed by atoms with Gasteiger partial charge in [0.15, 0.2) is 6.29 Å². The fraction of sp³-hybridized carbons (Fsp3) is 0.550. The number of nitrogens with zero attached hydrogens (tertiary/aromatic N) is 2. The Bertz CT molecular complexity index is 803. The molecule has 0 saturated carbocycles. The van der Waals surface area contributed by atoms with Gasteiger partial charge in [-0.15, -0.1) is 0 Å². The lowest BCUT2D eigenvalue weighted by atomic mass is 9.92. The fourth-order valence-electron chi connectivity index (χ4n) is 4.12. The fourth-order valence-corrected chi connectivity index (χ4v) is 4.12. The number of hydrogen-bond donors (Lipinski definition) is 1. The van der Waals surface area contributed by atoms with E-state index in [4.69, 9.17) is 9.47 Å². The summed E-state index contributed by atoms with van der Waals surface area (Å²) in [6.07, 6.45) is 1.31. The summed E-state index contributed by atoms with van der Waals surface area (Å²) >= 11 is 0. The Kier molecular flexibility index (Phi) is 5.26. The third-order valence-corrected chi connectivity index (χ3v) is 5.91. The van der Waals surface area contributed by atoms with E-state index in [1.54, 1.807) is 11.8 Å². The van der Waals surface area contributed by atoms with Gasteiger partial charge < -0.3 is 19.7 Å². The van der Waals surface area contributed by atoms with Crippen molar-refractivity contribution in [3.63, 3.8) is 0 Å². The first-order valence-corrected chi connectivity index (χ1v) is 9.79. The van der Waals surface area contributed by atoms with E-state index in [-0.39, 0.29) is 24.7 Å². The monoisotopic (exact) mass is 405 g/mol. The molecule has 3 aliphatic rings. The molecule has 29 heavy (non-hydrogen) atoms. The lowest BCUT2D eigenvalue weighted by Crippen LogP contribution is -2.47. The first kappa shape index (κ1) is 19.8. The lowest BCUT2D eigenvalue weighted by Gasteiger charge is -2.34. The first-order chi connectivity index (χ1) is 13.9. The van der Waals surface area contributed by atoms with E-state index >= 15 is 0 Å². The predicted octanol–water partition coefficient (Wildman–Crippen LogP) is 1.20. The summed E-state index contributed by atoms with van der Waals surface area (Å²) in [5.74, 6) is -0.980. The highest BCUT2D eigenvalue weighted by Gasteiger charge is 2.49. The van der Waals surface area contributed by atoms with Crippen LogP contribution in [0.3, 0.4) is 0 Å². The maximum Gasteiger partial charge on any atom is 0.325 e. The van der Waals surface area contributed by atoms with Crippen LogP contribution >= 0.6 is 0 Å². The summed E-state index contributed by atoms with van der Waals surface area (Å²) in [6, 6.07) is 4.75. The predicted molar refractivity (Wildman–Crippen MR) is 99.0 cm³/mol. The van der Waals surface area contributed by atoms with E-state index in [2.05, 4.69) is 5.32 Å². The zero-order chi connectivity index (χ0) is 20.6. The third kappa shape index (κ3) is 3.72. The molecule has 0 bridgehead atoms. The van der Waals surface area contributed by atoms with Gasteiger partial charge in [-0.1, -0.05) is 12.1 Å². The molecule has 3 fully saturated rings. The minimum atomic E-state index is -1.32. The van der Waals surface area contributed by atoms with Gasteiger partial charge in [-0.3, -0.25) is 14.5 Å². The maximum absolute atomic E-state index is 13.2. The molecule has 0 spiro atoms. The van der Waals surface area contributed by atoms with Crippen LogP contribution in [0.15, 0.2) is 24.3 Å². The summed E-state index contributed by atoms with van der Waals surface area (Å²) in [5.41, 5.74) is -0.862. The highest BCUT2D eigenvalue weighted by Crippen LogP contribution is 2.30. The number of carbonyl (C=O) groups is 3. The molecule has 0 aromatic heterocycles. The van der Waals surface area contributed by atoms with Crippen LogP contribution in [0.5, 0.6) is 0 Å². The van der Waals surface area contributed by atoms with Crippen molar-refractivity contribution in [2.24, 2.45) is 5.92 Å². The Labute approximate surface area is 167 Å². The largest absolute Gasteiger partial charge is 0.350 e. The van der Waals surface area contributed by atoms with Crippen molar-refractivity contribution in [1.82, 2.24) is 15.1 Å². The van der Waals surface area contributed by atoms with E-state index in [9.17, 15) is 18.8 Å². The number of urea groups is 1. The Balaban J connectivity index is 1.37. The van der Waals surface area contributed by atoms with Crippen molar-refractivity contribution in [2.75, 3.05) is 32.8 Å². The van der Waals surface area contributed by atoms with Crippen LogP contribution in [0.4, 0.5) is 9.18 Å². The highest BCUT2D eigenvalue weighted by molar-refractivity contribution is 6.09. The molecule has 1 atom stereocenters. The zero-order valence-corrected chi connectivity index (χ0v) is 16.2. The average molecular weight is 405 g/mol. The molecule has 3 saturated heterocycles. The number of benzene rings is 1. The van der Waals surface area contributed by atoms with Crippen molar-refractivity contribution >= 4 is 17.8 Å². The second-order valence-electron chi connectivity index (χ2n) is 7.78. The number of piperidine rings is 1. The van der Waals surface area contributed by atoms with Gasteiger partial charge in [0.1, 0.15) is 17.9 Å². The number of imide groups is 1. The topological polar surface area (TPSA) is 88.2 Å². The van der Waals surface area contributed by atoms with Crippen molar-refractivity contribution in [2.45, 2.75) is 31.6 Å². The number of rotatable bonds is 4. The van der Waals surface area contributed by atoms with Crippen molar-refractivity contribution in [1.29, 1.82) is 0 Å². The minimum Gasteiger partial charge on any atom is -0.350 e. The molecule has 1 N–H and O–H groups in total. The number of ether oxygens (including phenoxy) is 2. The molecule has 156 valence electrons. The van der Waals surface area contributed by atoms with Gasteiger partial charge in [-0.2, -0.15) is 0 Å². The first-order valence-electron chi connectivity index (χ1n) is 9.79. The van der Waals surface area contributed by atoms with E-state index in [0.29, 0.717) is 31.9 Å². The molecule has 1 aromatic carbocycles. The molecule has 0 aliphatic carbocycles. The summed E-state index contributed by atoms with van der Waals surface area (Å²) in [7, 11) is 0. The summed E-state index contributed by atoms with van der Waals surface area (Å²) in [4.78, 5) is 40.6. The van der Waals surface area contributed by atoms with E-state index < -0.39 is 23.3 Å². The smallest absolute Gasteiger partial charge is 0.325 e. The number of hydrogen-bond acceptors (Lipinski definition) is 5. The normalized spacial score (nSPS) is 26.3. The van der Waals surface area contributed by atoms with Gasteiger partial charge in [0.05, 0.1) is 13.2 Å². The Hall–Kier alpha value is -2.52. The van der Waals surface area contributed by atoms with E-state index in [1.807, 2.05) is 0 Å². The molecule has 3 heterocycles. The number of likely N-dealkylation sites (tertiary alicyclic amines) is 1. The van der Waals surface area contributed by atoms with Crippen LogP contribution < -0.4 is 5.32 Å². The quantitative estimate of drug-likeness (QED) is 0.761. The highest BCUT2D eigenvalue weighted by atomic mass is 19.1. The van der Waals surface area contributed by atoms with Gasteiger partial charge >= 0.3 is 6.03 Å². The molecule has 1 unspecified atom stereocenters. The molecule has 0 radical (unpaired) electrons. The number of carbonyl (C=O) groups excluding carboxylic acids is 3. The summed E-state index contributed by atoms with van der Waals surface area (Å²) in [5, 5.41) is 2.63. The Morgan fingerprint density at radius 1 is 1.17 bits per heavy atom. The zero-order valence-electron chi connectivity index (χ0n) is 16.2. The molecular formula is C20H24FN3O5. The second-order valence-corrected chi connectivity index (χ2v) is 7.78. The lowest BCUT2D eigenvalue weighted by molar-refractivity contribution is -0.142. The van der Waals surface area contributed by atoms with Gasteiger partial charge in [0.25, 0.3) is 5.91 Å². The Morgan fingerprint density at radius 2 is 1.79 bits per heavy atom. The van der Waals surface area contributed by atoms with Crippen LogP contribution in [0.1, 0.15) is 25.3 Å². The van der Waals surface area contributed by atoms with Gasteiger partial charge in [0.2, 0.25) is 5.91 Å². The molecule has 3 aliphatic heterocycles. The standard InChI is InChI=1S/C20H24FN3O5/c1-20(14-2-4-15(21)5-3-14)18(26)24(19(27)22-20)12-16(25)23-8-6-13(7-9-23)17-28-10-11-29-17/h2-5,13,17H,6-12H2,1H3,(H,22,27). The van der Waals surface area contributed by atoms with Crippen molar-refractivity contribution in [3.8, 4) is 0 Å². The van der Waals surface area contributed by atoms with Crippen LogP contribution in [-0.4, -0.2) is 66.8 Å². The summed E-state index contributed by atoms with van der Waals surface area (Å²) < 4.78 is 24.3. The van der Waals surface area contributed by atoms with E-state index in [0.717, 1.165) is 17.7 Å². The summed E-state index contributed by atoms with van der Waals surface area (Å²) in [6.45, 7) is 3.50. The molecule has 9 heteroatoms. The van der Waals surface area contributed by atoms with Crippen LogP contribution in [-0.2, 0) is 24.6 Å². The van der Waals surface area contributed by atoms with Crippen LogP contribution in [0.2, 0.25) is 0 Å². The second kappa shape index (κ2) is 7.72. The average Bonchev–Trinajstić information content (AvgIpc) is 3.32. The van der Waals surface area contributed by atoms with Crippen molar-refractivity contribution in [3.05, 3.63) is 35.6 Å². The number of amides is 4. The van der Waals surface area contributed by atoms with Crippen LogP contribution in [0.25, 0.3) is 0 Å². The third-order valence-electron chi connectivity index (χ3n) is 5.91. The van der Waals surface area contributed by atoms with Gasteiger partial charge in [-0.25, -0.2) is 9.18 Å². The van der Waals surface area contributed by atoms with Crippen molar-refractivity contribution < 1.29 is 28.2 Å². The number of nitrogens with one attached hydrogen (secondary N) is 1. The molecule has 8 nitrogen and oxygen atoms in total.